The number of hydrogen-bond donors (Lipinski definition) is 0. The van der Waals surface area contributed by atoms with E-state index in [9.17, 15) is 13.2 Å². The highest BCUT2D eigenvalue weighted by Gasteiger charge is 2.32. The molecule has 0 saturated carbocycles. The van der Waals surface area contributed by atoms with Crippen molar-refractivity contribution in [2.75, 3.05) is 6.26 Å². The molecule has 21 heavy (non-hydrogen) atoms. The van der Waals surface area contributed by atoms with Crippen LogP contribution in [0.2, 0.25) is 10.0 Å². The number of benzene rings is 1. The van der Waals surface area contributed by atoms with Gasteiger partial charge in [0.15, 0.2) is 0 Å². The lowest BCUT2D eigenvalue weighted by Crippen LogP contribution is -2.06. The second-order valence-electron chi connectivity index (χ2n) is 4.20. The van der Waals surface area contributed by atoms with Gasteiger partial charge in [-0.3, -0.25) is 4.68 Å². The molecule has 2 aromatic rings. The molecule has 0 unspecified atom stereocenters. The van der Waals surface area contributed by atoms with Gasteiger partial charge in [0.25, 0.3) is 0 Å². The minimum atomic E-state index is -4.48. The molecule has 0 fully saturated rings. The molecule has 2 rings (SSSR count). The zero-order chi connectivity index (χ0) is 15.8. The quantitative estimate of drug-likeness (QED) is 0.666. The van der Waals surface area contributed by atoms with Gasteiger partial charge in [-0.05, 0) is 31.4 Å². The standard InChI is InChI=1S/C13H11Cl2F3N2S/c1-3-20-10(6-11(19-20)21-2)12-8(14)4-7(5-9(12)15)13(16,17)18/h4-6H,3H2,1-2H3. The zero-order valence-corrected chi connectivity index (χ0v) is 13.5. The lowest BCUT2D eigenvalue weighted by atomic mass is 10.1. The van der Waals surface area contributed by atoms with Gasteiger partial charge >= 0.3 is 6.18 Å². The third-order valence-corrected chi connectivity index (χ3v) is 4.11. The Morgan fingerprint density at radius 3 is 2.19 bits per heavy atom. The van der Waals surface area contributed by atoms with E-state index in [-0.39, 0.29) is 10.0 Å². The van der Waals surface area contributed by atoms with Crippen LogP contribution in [0.15, 0.2) is 23.2 Å². The maximum atomic E-state index is 12.7. The van der Waals surface area contributed by atoms with E-state index in [2.05, 4.69) is 5.10 Å². The molecule has 114 valence electrons. The van der Waals surface area contributed by atoms with Gasteiger partial charge in [-0.15, -0.1) is 11.8 Å². The van der Waals surface area contributed by atoms with Gasteiger partial charge in [0.1, 0.15) is 5.03 Å². The smallest absolute Gasteiger partial charge is 0.264 e. The van der Waals surface area contributed by atoms with Crippen LogP contribution in [0.3, 0.4) is 0 Å². The summed E-state index contributed by atoms with van der Waals surface area (Å²) in [5, 5.41) is 4.98. The molecule has 8 heteroatoms. The highest BCUT2D eigenvalue weighted by atomic mass is 35.5. The van der Waals surface area contributed by atoms with Crippen molar-refractivity contribution in [1.29, 1.82) is 0 Å². The second-order valence-corrected chi connectivity index (χ2v) is 5.84. The van der Waals surface area contributed by atoms with Crippen LogP contribution in [0, 0.1) is 0 Å². The van der Waals surface area contributed by atoms with Crippen molar-refractivity contribution in [1.82, 2.24) is 9.78 Å². The monoisotopic (exact) mass is 354 g/mol. The minimum absolute atomic E-state index is 0.0444. The predicted molar refractivity (Wildman–Crippen MR) is 80.1 cm³/mol. The van der Waals surface area contributed by atoms with Gasteiger partial charge in [-0.1, -0.05) is 23.2 Å². The summed E-state index contributed by atoms with van der Waals surface area (Å²) in [6.07, 6.45) is -2.62. The molecule has 0 aliphatic rings. The van der Waals surface area contributed by atoms with Crippen LogP contribution < -0.4 is 0 Å². The van der Waals surface area contributed by atoms with E-state index in [4.69, 9.17) is 23.2 Å². The number of nitrogens with zero attached hydrogens (tertiary/aromatic N) is 2. The van der Waals surface area contributed by atoms with Gasteiger partial charge in [0.2, 0.25) is 0 Å². The molecule has 0 aliphatic carbocycles. The number of hydrogen-bond acceptors (Lipinski definition) is 2. The van der Waals surface area contributed by atoms with E-state index in [1.54, 1.807) is 10.7 Å². The fourth-order valence-corrected chi connectivity index (χ4v) is 3.01. The summed E-state index contributed by atoms with van der Waals surface area (Å²) in [5.74, 6) is 0. The Bertz CT molecular complexity index is 645. The highest BCUT2D eigenvalue weighted by Crippen LogP contribution is 2.41. The van der Waals surface area contributed by atoms with Crippen LogP contribution in [-0.2, 0) is 12.7 Å². The Balaban J connectivity index is 2.62. The first kappa shape index (κ1) is 16.5. The van der Waals surface area contributed by atoms with Crippen LogP contribution in [0.1, 0.15) is 12.5 Å². The van der Waals surface area contributed by atoms with Crippen molar-refractivity contribution in [3.63, 3.8) is 0 Å². The van der Waals surface area contributed by atoms with Crippen molar-refractivity contribution in [3.8, 4) is 11.3 Å². The zero-order valence-electron chi connectivity index (χ0n) is 11.1. The fraction of sp³-hybridized carbons (Fsp3) is 0.308. The molecule has 0 N–H and O–H groups in total. The normalized spacial score (nSPS) is 12.0. The summed E-state index contributed by atoms with van der Waals surface area (Å²) in [6, 6.07) is 3.53. The molecule has 0 saturated heterocycles. The molecule has 0 bridgehead atoms. The van der Waals surface area contributed by atoms with Gasteiger partial charge in [0.05, 0.1) is 21.3 Å². The molecule has 1 aromatic carbocycles. The molecular weight excluding hydrogens is 344 g/mol. The molecule has 1 heterocycles. The van der Waals surface area contributed by atoms with E-state index in [1.807, 2.05) is 13.2 Å². The average molecular weight is 355 g/mol. The molecule has 0 spiro atoms. The molecule has 2 nitrogen and oxygen atoms in total. The summed E-state index contributed by atoms with van der Waals surface area (Å²) < 4.78 is 39.9. The van der Waals surface area contributed by atoms with Gasteiger partial charge < -0.3 is 0 Å². The Morgan fingerprint density at radius 1 is 1.19 bits per heavy atom. The number of aromatic nitrogens is 2. The Kier molecular flexibility index (Phi) is 4.80. The number of halogens is 5. The van der Waals surface area contributed by atoms with E-state index in [1.165, 1.54) is 11.8 Å². The topological polar surface area (TPSA) is 17.8 Å². The molecular formula is C13H11Cl2F3N2S. The Morgan fingerprint density at radius 2 is 1.76 bits per heavy atom. The minimum Gasteiger partial charge on any atom is -0.264 e. The highest BCUT2D eigenvalue weighted by molar-refractivity contribution is 7.98. The maximum Gasteiger partial charge on any atom is 0.416 e. The molecule has 0 aliphatic heterocycles. The van der Waals surface area contributed by atoms with Crippen molar-refractivity contribution in [2.45, 2.75) is 24.7 Å². The SMILES string of the molecule is CCn1nc(SC)cc1-c1c(Cl)cc(C(F)(F)F)cc1Cl. The molecule has 0 amide bonds. The van der Waals surface area contributed by atoms with Crippen molar-refractivity contribution in [2.24, 2.45) is 0 Å². The predicted octanol–water partition coefficient (Wildman–Crippen LogP) is 5.62. The Labute approximate surface area is 134 Å². The summed E-state index contributed by atoms with van der Waals surface area (Å²) in [7, 11) is 0. The average Bonchev–Trinajstić information content (AvgIpc) is 2.80. The van der Waals surface area contributed by atoms with E-state index >= 15 is 0 Å². The lowest BCUT2D eigenvalue weighted by Gasteiger charge is -2.13. The summed E-state index contributed by atoms with van der Waals surface area (Å²) >= 11 is 13.5. The molecule has 0 radical (unpaired) electrons. The van der Waals surface area contributed by atoms with Crippen LogP contribution in [-0.4, -0.2) is 16.0 Å². The first-order valence-corrected chi connectivity index (χ1v) is 7.94. The van der Waals surface area contributed by atoms with Crippen LogP contribution in [0.25, 0.3) is 11.3 Å². The first-order chi connectivity index (χ1) is 9.77. The number of aryl methyl sites for hydroxylation is 1. The van der Waals surface area contributed by atoms with Gasteiger partial charge in [-0.25, -0.2) is 0 Å². The third-order valence-electron chi connectivity index (χ3n) is 2.89. The summed E-state index contributed by atoms with van der Waals surface area (Å²) in [6.45, 7) is 2.44. The van der Waals surface area contributed by atoms with Crippen molar-refractivity contribution < 1.29 is 13.2 Å². The first-order valence-electron chi connectivity index (χ1n) is 5.96. The number of rotatable bonds is 3. The van der Waals surface area contributed by atoms with E-state index in [0.29, 0.717) is 17.8 Å². The van der Waals surface area contributed by atoms with Gasteiger partial charge in [-0.2, -0.15) is 18.3 Å². The van der Waals surface area contributed by atoms with Crippen molar-refractivity contribution >= 4 is 35.0 Å². The van der Waals surface area contributed by atoms with Crippen LogP contribution in [0.4, 0.5) is 13.2 Å². The van der Waals surface area contributed by atoms with Crippen LogP contribution in [0.5, 0.6) is 0 Å². The fourth-order valence-electron chi connectivity index (χ4n) is 1.92. The summed E-state index contributed by atoms with van der Waals surface area (Å²) in [5.41, 5.74) is 0.0976. The maximum absolute atomic E-state index is 12.7. The lowest BCUT2D eigenvalue weighted by molar-refractivity contribution is -0.137. The van der Waals surface area contributed by atoms with E-state index in [0.717, 1.165) is 17.2 Å². The van der Waals surface area contributed by atoms with Crippen LogP contribution >= 0.6 is 35.0 Å². The summed E-state index contributed by atoms with van der Waals surface area (Å²) in [4.78, 5) is 0. The molecule has 0 atom stereocenters. The van der Waals surface area contributed by atoms with Crippen molar-refractivity contribution in [3.05, 3.63) is 33.8 Å². The second kappa shape index (κ2) is 6.10. The van der Waals surface area contributed by atoms with E-state index < -0.39 is 11.7 Å². The largest absolute Gasteiger partial charge is 0.416 e. The third kappa shape index (κ3) is 3.33. The number of thioether (sulfide) groups is 1. The molecule has 1 aromatic heterocycles. The van der Waals surface area contributed by atoms with Gasteiger partial charge in [0, 0.05) is 12.1 Å². The number of alkyl halides is 3. The Hall–Kier alpha value is -0.850.